The van der Waals surface area contributed by atoms with Crippen LogP contribution >= 0.6 is 15.9 Å². The van der Waals surface area contributed by atoms with Crippen molar-refractivity contribution in [2.75, 3.05) is 0 Å². The maximum atomic E-state index is 13.6. The van der Waals surface area contributed by atoms with Crippen molar-refractivity contribution < 1.29 is 19.1 Å². The van der Waals surface area contributed by atoms with Crippen LogP contribution in [0.1, 0.15) is 24.2 Å². The van der Waals surface area contributed by atoms with Crippen molar-refractivity contribution in [2.45, 2.75) is 19.9 Å². The zero-order chi connectivity index (χ0) is 13.9. The van der Waals surface area contributed by atoms with Gasteiger partial charge < -0.3 is 10.4 Å². The zero-order valence-corrected chi connectivity index (χ0v) is 11.5. The van der Waals surface area contributed by atoms with Crippen LogP contribution in [0.5, 0.6) is 0 Å². The minimum absolute atomic E-state index is 0.159. The van der Waals surface area contributed by atoms with Gasteiger partial charge in [0.1, 0.15) is 11.9 Å². The van der Waals surface area contributed by atoms with Gasteiger partial charge in [-0.15, -0.1) is 0 Å². The average molecular weight is 318 g/mol. The minimum Gasteiger partial charge on any atom is -0.480 e. The molecule has 0 aliphatic carbocycles. The molecule has 0 bridgehead atoms. The van der Waals surface area contributed by atoms with Crippen LogP contribution in [0.3, 0.4) is 0 Å². The van der Waals surface area contributed by atoms with E-state index in [0.29, 0.717) is 0 Å². The molecule has 1 aromatic rings. The Balaban J connectivity index is 2.94. The molecular weight excluding hydrogens is 305 g/mol. The second-order valence-corrected chi connectivity index (χ2v) is 4.99. The number of carboxylic acid groups (broad SMARTS) is 1. The summed E-state index contributed by atoms with van der Waals surface area (Å²) in [7, 11) is 0. The smallest absolute Gasteiger partial charge is 0.326 e. The largest absolute Gasteiger partial charge is 0.480 e. The van der Waals surface area contributed by atoms with Gasteiger partial charge in [0.15, 0.2) is 0 Å². The molecule has 98 valence electrons. The number of nitrogens with one attached hydrogen (secondary N) is 1. The normalized spacial score (nSPS) is 12.3. The topological polar surface area (TPSA) is 66.4 Å². The number of carboxylic acids is 1. The highest BCUT2D eigenvalue weighted by Gasteiger charge is 2.25. The summed E-state index contributed by atoms with van der Waals surface area (Å²) in [5, 5.41) is 11.2. The molecule has 1 amide bonds. The molecule has 0 radical (unpaired) electrons. The molecular formula is C12H13BrFNO3. The maximum Gasteiger partial charge on any atom is 0.326 e. The number of hydrogen-bond acceptors (Lipinski definition) is 2. The van der Waals surface area contributed by atoms with E-state index in [0.717, 1.165) is 0 Å². The van der Waals surface area contributed by atoms with Crippen LogP contribution in [0.2, 0.25) is 0 Å². The number of aliphatic carboxylic acids is 1. The first-order chi connectivity index (χ1) is 8.34. The molecule has 4 nitrogen and oxygen atoms in total. The second-order valence-electron chi connectivity index (χ2n) is 4.13. The van der Waals surface area contributed by atoms with Crippen molar-refractivity contribution in [3.63, 3.8) is 0 Å². The summed E-state index contributed by atoms with van der Waals surface area (Å²) in [5.74, 6) is -2.88. The molecule has 0 aliphatic rings. The van der Waals surface area contributed by atoms with E-state index >= 15 is 0 Å². The predicted octanol–water partition coefficient (Wildman–Crippen LogP) is 2.43. The molecule has 0 saturated heterocycles. The summed E-state index contributed by atoms with van der Waals surface area (Å²) in [5.41, 5.74) is -0.184. The third-order valence-corrected chi connectivity index (χ3v) is 3.03. The van der Waals surface area contributed by atoms with E-state index in [4.69, 9.17) is 5.11 Å². The van der Waals surface area contributed by atoms with Crippen LogP contribution in [0, 0.1) is 11.7 Å². The van der Waals surface area contributed by atoms with Gasteiger partial charge in [-0.3, -0.25) is 4.79 Å². The lowest BCUT2D eigenvalue weighted by Crippen LogP contribution is -2.44. The fraction of sp³-hybridized carbons (Fsp3) is 0.333. The van der Waals surface area contributed by atoms with Crippen molar-refractivity contribution in [2.24, 2.45) is 5.92 Å². The minimum atomic E-state index is -1.14. The number of carbonyl (C=O) groups is 2. The van der Waals surface area contributed by atoms with Gasteiger partial charge in [-0.05, 0) is 34.0 Å². The van der Waals surface area contributed by atoms with Gasteiger partial charge in [0, 0.05) is 0 Å². The van der Waals surface area contributed by atoms with Gasteiger partial charge in [0.2, 0.25) is 0 Å². The Morgan fingerprint density at radius 2 is 2.00 bits per heavy atom. The summed E-state index contributed by atoms with van der Waals surface area (Å²) < 4.78 is 13.8. The fourth-order valence-electron chi connectivity index (χ4n) is 1.41. The van der Waals surface area contributed by atoms with E-state index < -0.39 is 23.7 Å². The number of halogens is 2. The van der Waals surface area contributed by atoms with Crippen molar-refractivity contribution in [3.8, 4) is 0 Å². The quantitative estimate of drug-likeness (QED) is 0.896. The monoisotopic (exact) mass is 317 g/mol. The van der Waals surface area contributed by atoms with E-state index in [9.17, 15) is 14.0 Å². The Morgan fingerprint density at radius 3 is 2.50 bits per heavy atom. The summed E-state index contributed by atoms with van der Waals surface area (Å²) >= 11 is 2.97. The van der Waals surface area contributed by atoms with Gasteiger partial charge in [-0.2, -0.15) is 0 Å². The predicted molar refractivity (Wildman–Crippen MR) is 67.8 cm³/mol. The van der Waals surface area contributed by atoms with Crippen LogP contribution in [0.4, 0.5) is 4.39 Å². The zero-order valence-electron chi connectivity index (χ0n) is 9.91. The summed E-state index contributed by atoms with van der Waals surface area (Å²) in [6.07, 6.45) is 0. The highest BCUT2D eigenvalue weighted by atomic mass is 79.9. The molecule has 1 rings (SSSR count). The molecule has 0 aromatic heterocycles. The van der Waals surface area contributed by atoms with Gasteiger partial charge in [-0.25, -0.2) is 9.18 Å². The second kappa shape index (κ2) is 5.95. The molecule has 0 unspecified atom stereocenters. The van der Waals surface area contributed by atoms with Gasteiger partial charge in [-0.1, -0.05) is 19.9 Å². The van der Waals surface area contributed by atoms with Crippen molar-refractivity contribution in [1.29, 1.82) is 0 Å². The Morgan fingerprint density at radius 1 is 1.39 bits per heavy atom. The van der Waals surface area contributed by atoms with E-state index in [1.165, 1.54) is 18.2 Å². The van der Waals surface area contributed by atoms with E-state index in [-0.39, 0.29) is 16.0 Å². The van der Waals surface area contributed by atoms with Gasteiger partial charge in [0.25, 0.3) is 5.91 Å². The lowest BCUT2D eigenvalue weighted by Gasteiger charge is -2.18. The SMILES string of the molecule is CC(C)[C@@H](NC(=O)c1cccc(Br)c1F)C(=O)O. The van der Waals surface area contributed by atoms with Gasteiger partial charge in [0.05, 0.1) is 10.0 Å². The molecule has 0 spiro atoms. The molecule has 18 heavy (non-hydrogen) atoms. The molecule has 1 aromatic carbocycles. The Hall–Kier alpha value is -1.43. The standard InChI is InChI=1S/C12H13BrFNO3/c1-6(2)10(12(17)18)15-11(16)7-4-3-5-8(13)9(7)14/h3-6,10H,1-2H3,(H,15,16)(H,17,18)/t10-/m1/s1. The average Bonchev–Trinajstić information content (AvgIpc) is 2.28. The highest BCUT2D eigenvalue weighted by Crippen LogP contribution is 2.18. The first-order valence-corrected chi connectivity index (χ1v) is 6.11. The maximum absolute atomic E-state index is 13.6. The van der Waals surface area contributed by atoms with Crippen molar-refractivity contribution in [1.82, 2.24) is 5.32 Å². The van der Waals surface area contributed by atoms with Crippen molar-refractivity contribution in [3.05, 3.63) is 34.1 Å². The first-order valence-electron chi connectivity index (χ1n) is 5.32. The summed E-state index contributed by atoms with van der Waals surface area (Å²) in [6.45, 7) is 3.33. The fourth-order valence-corrected chi connectivity index (χ4v) is 1.78. The number of amides is 1. The van der Waals surface area contributed by atoms with Crippen LogP contribution in [-0.4, -0.2) is 23.0 Å². The lowest BCUT2D eigenvalue weighted by molar-refractivity contribution is -0.140. The summed E-state index contributed by atoms with van der Waals surface area (Å²) in [6, 6.07) is 3.22. The van der Waals surface area contributed by atoms with E-state index in [2.05, 4.69) is 21.2 Å². The third kappa shape index (κ3) is 3.29. The highest BCUT2D eigenvalue weighted by molar-refractivity contribution is 9.10. The van der Waals surface area contributed by atoms with E-state index in [1.807, 2.05) is 0 Å². The Labute approximate surface area is 112 Å². The Bertz CT molecular complexity index is 476. The number of hydrogen-bond donors (Lipinski definition) is 2. The molecule has 1 atom stereocenters. The van der Waals surface area contributed by atoms with Crippen molar-refractivity contribution >= 4 is 27.8 Å². The van der Waals surface area contributed by atoms with E-state index in [1.54, 1.807) is 13.8 Å². The lowest BCUT2D eigenvalue weighted by atomic mass is 10.0. The van der Waals surface area contributed by atoms with Gasteiger partial charge >= 0.3 is 5.97 Å². The molecule has 0 heterocycles. The van der Waals surface area contributed by atoms with Crippen LogP contribution in [0.25, 0.3) is 0 Å². The Kier molecular flexibility index (Phi) is 4.84. The van der Waals surface area contributed by atoms with Crippen LogP contribution in [0.15, 0.2) is 22.7 Å². The third-order valence-electron chi connectivity index (χ3n) is 2.42. The molecule has 6 heteroatoms. The molecule has 2 N–H and O–H groups in total. The van der Waals surface area contributed by atoms with Crippen LogP contribution < -0.4 is 5.32 Å². The first kappa shape index (κ1) is 14.6. The molecule has 0 saturated carbocycles. The number of carbonyl (C=O) groups excluding carboxylic acids is 1. The summed E-state index contributed by atoms with van der Waals surface area (Å²) in [4.78, 5) is 22.7. The molecule has 0 fully saturated rings. The number of rotatable bonds is 4. The number of benzene rings is 1. The molecule has 0 aliphatic heterocycles. The van der Waals surface area contributed by atoms with Crippen LogP contribution in [-0.2, 0) is 4.79 Å².